The molecule has 0 aliphatic carbocycles. The maximum Gasteiger partial charge on any atom is 0.259 e. The highest BCUT2D eigenvalue weighted by Crippen LogP contribution is 2.12. The summed E-state index contributed by atoms with van der Waals surface area (Å²) in [6, 6.07) is 7.48. The maximum atomic E-state index is 12.0. The second-order valence-electron chi connectivity index (χ2n) is 4.00. The fourth-order valence-electron chi connectivity index (χ4n) is 1.55. The van der Waals surface area contributed by atoms with Crippen LogP contribution in [0.5, 0.6) is 0 Å². The minimum Gasteiger partial charge on any atom is -0.336 e. The molecule has 1 heterocycles. The number of aromatic nitrogens is 2. The van der Waals surface area contributed by atoms with Crippen LogP contribution in [0.25, 0.3) is 0 Å². The van der Waals surface area contributed by atoms with Crippen molar-refractivity contribution in [3.63, 3.8) is 0 Å². The lowest BCUT2D eigenvalue weighted by Crippen LogP contribution is -2.23. The Labute approximate surface area is 120 Å². The Morgan fingerprint density at radius 1 is 1.42 bits per heavy atom. The molecular weight excluding hydrogens is 330 g/mol. The number of rotatable bonds is 5. The van der Waals surface area contributed by atoms with E-state index in [2.05, 4.69) is 25.6 Å². The van der Waals surface area contributed by atoms with Crippen molar-refractivity contribution < 1.29 is 8.42 Å². The summed E-state index contributed by atoms with van der Waals surface area (Å²) < 4.78 is 29.2. The van der Waals surface area contributed by atoms with Crippen LogP contribution < -0.4 is 4.72 Å². The van der Waals surface area contributed by atoms with Crippen LogP contribution in [0, 0.1) is 0 Å². The van der Waals surface area contributed by atoms with Gasteiger partial charge in [-0.2, -0.15) is 0 Å². The van der Waals surface area contributed by atoms with E-state index in [1.165, 1.54) is 12.5 Å². The Hall–Kier alpha value is -1.18. The van der Waals surface area contributed by atoms with Crippen LogP contribution in [0.15, 0.2) is 46.3 Å². The summed E-state index contributed by atoms with van der Waals surface area (Å²) in [6.45, 7) is 2.85. The first-order valence-corrected chi connectivity index (χ1v) is 8.05. The third kappa shape index (κ3) is 3.65. The Morgan fingerprint density at radius 2 is 2.21 bits per heavy atom. The molecule has 0 amide bonds. The van der Waals surface area contributed by atoms with E-state index in [9.17, 15) is 8.42 Å². The zero-order valence-corrected chi connectivity index (χ0v) is 12.8. The lowest BCUT2D eigenvalue weighted by Gasteiger charge is -2.04. The number of aryl methyl sites for hydroxylation is 1. The number of sulfonamides is 1. The van der Waals surface area contributed by atoms with Crippen LogP contribution in [0.2, 0.25) is 0 Å². The summed E-state index contributed by atoms with van der Waals surface area (Å²) in [4.78, 5) is 3.89. The quantitative estimate of drug-likeness (QED) is 0.904. The molecule has 2 aromatic rings. The summed E-state index contributed by atoms with van der Waals surface area (Å²) in [5, 5.41) is 0.0457. The van der Waals surface area contributed by atoms with Crippen molar-refractivity contribution in [3.05, 3.63) is 46.8 Å². The number of hydrogen-bond acceptors (Lipinski definition) is 3. The molecule has 0 unspecified atom stereocenters. The van der Waals surface area contributed by atoms with Gasteiger partial charge in [0.1, 0.15) is 0 Å². The summed E-state index contributed by atoms with van der Waals surface area (Å²) in [6.07, 6.45) is 3.02. The standard InChI is InChI=1S/C12H14BrN3O2S/c1-2-16-8-12(14-9-16)19(17,18)15-7-10-4-3-5-11(13)6-10/h3-6,8-9,15H,2,7H2,1H3. The van der Waals surface area contributed by atoms with E-state index < -0.39 is 10.0 Å². The van der Waals surface area contributed by atoms with Crippen molar-refractivity contribution >= 4 is 26.0 Å². The molecule has 0 aliphatic rings. The molecule has 0 radical (unpaired) electrons. The molecule has 5 nitrogen and oxygen atoms in total. The van der Waals surface area contributed by atoms with Gasteiger partial charge in [0, 0.05) is 23.8 Å². The predicted octanol–water partition coefficient (Wildman–Crippen LogP) is 2.14. The van der Waals surface area contributed by atoms with Crippen molar-refractivity contribution in [1.29, 1.82) is 0 Å². The lowest BCUT2D eigenvalue weighted by molar-refractivity contribution is 0.578. The van der Waals surface area contributed by atoms with E-state index in [1.807, 2.05) is 31.2 Å². The van der Waals surface area contributed by atoms with Gasteiger partial charge in [0.05, 0.1) is 6.33 Å². The molecule has 0 bridgehead atoms. The monoisotopic (exact) mass is 343 g/mol. The molecule has 0 saturated carbocycles. The zero-order valence-electron chi connectivity index (χ0n) is 10.4. The number of halogens is 1. The minimum atomic E-state index is -3.56. The van der Waals surface area contributed by atoms with E-state index >= 15 is 0 Å². The highest BCUT2D eigenvalue weighted by atomic mass is 79.9. The first-order chi connectivity index (χ1) is 9.01. The second kappa shape index (κ2) is 5.85. The highest BCUT2D eigenvalue weighted by molar-refractivity contribution is 9.10. The molecule has 19 heavy (non-hydrogen) atoms. The van der Waals surface area contributed by atoms with E-state index in [1.54, 1.807) is 4.57 Å². The molecule has 0 spiro atoms. The molecule has 1 N–H and O–H groups in total. The molecule has 0 saturated heterocycles. The van der Waals surface area contributed by atoms with E-state index in [-0.39, 0.29) is 11.6 Å². The summed E-state index contributed by atoms with van der Waals surface area (Å²) in [5.74, 6) is 0. The molecule has 0 fully saturated rings. The molecular formula is C12H14BrN3O2S. The van der Waals surface area contributed by atoms with E-state index in [0.29, 0.717) is 6.54 Å². The van der Waals surface area contributed by atoms with Crippen molar-refractivity contribution in [2.45, 2.75) is 25.0 Å². The first kappa shape index (κ1) is 14.2. The van der Waals surface area contributed by atoms with Gasteiger partial charge in [-0.15, -0.1) is 0 Å². The number of nitrogens with one attached hydrogen (secondary N) is 1. The van der Waals surface area contributed by atoms with Gasteiger partial charge < -0.3 is 4.57 Å². The van der Waals surface area contributed by atoms with Crippen LogP contribution >= 0.6 is 15.9 Å². The lowest BCUT2D eigenvalue weighted by atomic mass is 10.2. The largest absolute Gasteiger partial charge is 0.336 e. The Kier molecular flexibility index (Phi) is 4.38. The summed E-state index contributed by atoms with van der Waals surface area (Å²) in [5.41, 5.74) is 0.882. The van der Waals surface area contributed by atoms with Gasteiger partial charge >= 0.3 is 0 Å². The van der Waals surface area contributed by atoms with Gasteiger partial charge in [-0.05, 0) is 24.6 Å². The number of hydrogen-bond donors (Lipinski definition) is 1. The SMILES string of the molecule is CCn1cnc(S(=O)(=O)NCc2cccc(Br)c2)c1. The zero-order chi connectivity index (χ0) is 13.9. The van der Waals surface area contributed by atoms with E-state index in [0.717, 1.165) is 10.0 Å². The van der Waals surface area contributed by atoms with Crippen LogP contribution in [0.1, 0.15) is 12.5 Å². The fourth-order valence-corrected chi connectivity index (χ4v) is 2.96. The van der Waals surface area contributed by atoms with Gasteiger partial charge in [0.25, 0.3) is 10.0 Å². The number of imidazole rings is 1. The van der Waals surface area contributed by atoms with Crippen molar-refractivity contribution in [2.24, 2.45) is 0 Å². The Morgan fingerprint density at radius 3 is 2.84 bits per heavy atom. The van der Waals surface area contributed by atoms with Crippen molar-refractivity contribution in [3.8, 4) is 0 Å². The van der Waals surface area contributed by atoms with Crippen LogP contribution in [-0.4, -0.2) is 18.0 Å². The van der Waals surface area contributed by atoms with Crippen LogP contribution in [-0.2, 0) is 23.1 Å². The predicted molar refractivity (Wildman–Crippen MR) is 76.1 cm³/mol. The van der Waals surface area contributed by atoms with Crippen molar-refractivity contribution in [2.75, 3.05) is 0 Å². The smallest absolute Gasteiger partial charge is 0.259 e. The second-order valence-corrected chi connectivity index (χ2v) is 6.63. The topological polar surface area (TPSA) is 64.0 Å². The molecule has 2 rings (SSSR count). The Balaban J connectivity index is 2.09. The first-order valence-electron chi connectivity index (χ1n) is 5.77. The third-order valence-corrected chi connectivity index (χ3v) is 4.38. The maximum absolute atomic E-state index is 12.0. The fraction of sp³-hybridized carbons (Fsp3) is 0.250. The van der Waals surface area contributed by atoms with Gasteiger partial charge in [-0.1, -0.05) is 28.1 Å². The third-order valence-electron chi connectivity index (χ3n) is 2.61. The van der Waals surface area contributed by atoms with Gasteiger partial charge in [0.15, 0.2) is 5.03 Å². The number of benzene rings is 1. The average molecular weight is 344 g/mol. The van der Waals surface area contributed by atoms with Crippen LogP contribution in [0.4, 0.5) is 0 Å². The molecule has 7 heteroatoms. The normalized spacial score (nSPS) is 11.7. The van der Waals surface area contributed by atoms with Gasteiger partial charge in [0.2, 0.25) is 0 Å². The molecule has 0 aliphatic heterocycles. The molecule has 1 aromatic heterocycles. The summed E-state index contributed by atoms with van der Waals surface area (Å²) >= 11 is 3.35. The summed E-state index contributed by atoms with van der Waals surface area (Å²) in [7, 11) is -3.56. The minimum absolute atomic E-state index is 0.0457. The average Bonchev–Trinajstić information content (AvgIpc) is 2.86. The Bertz CT molecular complexity index is 667. The van der Waals surface area contributed by atoms with Gasteiger partial charge in [-0.25, -0.2) is 18.1 Å². The van der Waals surface area contributed by atoms with Crippen LogP contribution in [0.3, 0.4) is 0 Å². The van der Waals surface area contributed by atoms with Gasteiger partial charge in [-0.3, -0.25) is 0 Å². The molecule has 102 valence electrons. The van der Waals surface area contributed by atoms with Crippen molar-refractivity contribution in [1.82, 2.24) is 14.3 Å². The molecule has 0 atom stereocenters. The number of nitrogens with zero attached hydrogens (tertiary/aromatic N) is 2. The molecule has 1 aromatic carbocycles. The highest BCUT2D eigenvalue weighted by Gasteiger charge is 2.16. The van der Waals surface area contributed by atoms with E-state index in [4.69, 9.17) is 0 Å².